The molecule has 1 atom stereocenters. The van der Waals surface area contributed by atoms with Crippen molar-refractivity contribution in [1.29, 1.82) is 0 Å². The summed E-state index contributed by atoms with van der Waals surface area (Å²) in [5.74, 6) is 0. The van der Waals surface area contributed by atoms with Crippen molar-refractivity contribution < 1.29 is 0 Å². The predicted octanol–water partition coefficient (Wildman–Crippen LogP) is 5.93. The lowest BCUT2D eigenvalue weighted by molar-refractivity contribution is 0.367. The third-order valence-electron chi connectivity index (χ3n) is 4.36. The minimum atomic E-state index is 0.378. The Morgan fingerprint density at radius 1 is 1.25 bits per heavy atom. The first kappa shape index (κ1) is 16.9. The zero-order chi connectivity index (χ0) is 14.6. The summed E-state index contributed by atoms with van der Waals surface area (Å²) < 4.78 is 2.75. The van der Waals surface area contributed by atoms with Crippen LogP contribution in [-0.4, -0.2) is 17.5 Å². The lowest BCUT2D eigenvalue weighted by Gasteiger charge is -2.37. The summed E-state index contributed by atoms with van der Waals surface area (Å²) in [7, 11) is 0. The van der Waals surface area contributed by atoms with Crippen molar-refractivity contribution >= 4 is 43.6 Å². The Morgan fingerprint density at radius 2 is 1.95 bits per heavy atom. The molecule has 4 heteroatoms. The number of hydrogen-bond acceptors (Lipinski definition) is 2. The minimum absolute atomic E-state index is 0.378. The molecular weight excluding hydrogens is 398 g/mol. The molecule has 112 valence electrons. The van der Waals surface area contributed by atoms with Crippen molar-refractivity contribution in [3.05, 3.63) is 32.7 Å². The maximum Gasteiger partial charge on any atom is 0.0303 e. The van der Waals surface area contributed by atoms with Gasteiger partial charge >= 0.3 is 0 Å². The van der Waals surface area contributed by atoms with Crippen molar-refractivity contribution in [3.8, 4) is 0 Å². The first-order valence-electron chi connectivity index (χ1n) is 7.30. The number of nitrogens with one attached hydrogen (secondary N) is 1. The normalized spacial score (nSPS) is 19.8. The van der Waals surface area contributed by atoms with Gasteiger partial charge in [0.05, 0.1) is 0 Å². The fraction of sp³-hybridized carbons (Fsp3) is 0.625. The number of benzene rings is 1. The van der Waals surface area contributed by atoms with Crippen LogP contribution < -0.4 is 5.32 Å². The molecule has 1 aromatic rings. The van der Waals surface area contributed by atoms with Gasteiger partial charge in [0.2, 0.25) is 0 Å². The van der Waals surface area contributed by atoms with E-state index < -0.39 is 0 Å². The number of rotatable bonds is 5. The standard InChI is InChI=1S/C16H23Br2NS/c1-12(14-7-6-13(17)10-15(14)18)19-11-16(20-2)8-4-3-5-9-16/h6-7,10,12,19H,3-5,8-9,11H2,1-2H3. The summed E-state index contributed by atoms with van der Waals surface area (Å²) >= 11 is 9.24. The van der Waals surface area contributed by atoms with Gasteiger partial charge in [0.15, 0.2) is 0 Å². The maximum absolute atomic E-state index is 3.75. The smallest absolute Gasteiger partial charge is 0.0303 e. The molecule has 0 amide bonds. The molecule has 1 aliphatic carbocycles. The third-order valence-corrected chi connectivity index (χ3v) is 6.96. The fourth-order valence-corrected chi connectivity index (χ4v) is 5.27. The molecule has 1 saturated carbocycles. The summed E-state index contributed by atoms with van der Waals surface area (Å²) in [6, 6.07) is 6.81. The summed E-state index contributed by atoms with van der Waals surface area (Å²) in [5, 5.41) is 3.75. The topological polar surface area (TPSA) is 12.0 Å². The highest BCUT2D eigenvalue weighted by Gasteiger charge is 2.31. The third kappa shape index (κ3) is 4.25. The van der Waals surface area contributed by atoms with Crippen LogP contribution in [0.3, 0.4) is 0 Å². The second kappa shape index (κ2) is 7.66. The van der Waals surface area contributed by atoms with Gasteiger partial charge in [-0.05, 0) is 43.7 Å². The monoisotopic (exact) mass is 419 g/mol. The second-order valence-corrected chi connectivity index (χ2v) is 8.76. The highest BCUT2D eigenvalue weighted by Crippen LogP contribution is 2.38. The SMILES string of the molecule is CSC1(CNC(C)c2ccc(Br)cc2Br)CCCCC1. The molecule has 0 aliphatic heterocycles. The molecule has 0 aromatic heterocycles. The largest absolute Gasteiger partial charge is 0.309 e. The van der Waals surface area contributed by atoms with Gasteiger partial charge in [-0.25, -0.2) is 0 Å². The van der Waals surface area contributed by atoms with Crippen LogP contribution >= 0.6 is 43.6 Å². The van der Waals surface area contributed by atoms with E-state index in [0.29, 0.717) is 10.8 Å². The quantitative estimate of drug-likeness (QED) is 0.633. The minimum Gasteiger partial charge on any atom is -0.309 e. The molecule has 1 unspecified atom stereocenters. The van der Waals surface area contributed by atoms with E-state index >= 15 is 0 Å². The Bertz CT molecular complexity index is 444. The van der Waals surface area contributed by atoms with Crippen LogP contribution in [-0.2, 0) is 0 Å². The highest BCUT2D eigenvalue weighted by atomic mass is 79.9. The zero-order valence-corrected chi connectivity index (χ0v) is 16.2. The van der Waals surface area contributed by atoms with Crippen LogP contribution in [0.15, 0.2) is 27.1 Å². The molecule has 0 bridgehead atoms. The van der Waals surface area contributed by atoms with Gasteiger partial charge in [-0.3, -0.25) is 0 Å². The second-order valence-electron chi connectivity index (χ2n) is 5.72. The Balaban J connectivity index is 1.98. The van der Waals surface area contributed by atoms with Crippen molar-refractivity contribution in [2.45, 2.75) is 49.8 Å². The van der Waals surface area contributed by atoms with E-state index in [4.69, 9.17) is 0 Å². The average molecular weight is 421 g/mol. The Hall–Kier alpha value is 0.490. The fourth-order valence-electron chi connectivity index (χ4n) is 2.95. The molecular formula is C16H23Br2NS. The average Bonchev–Trinajstić information content (AvgIpc) is 2.46. The molecule has 1 aliphatic rings. The number of thioether (sulfide) groups is 1. The van der Waals surface area contributed by atoms with Crippen LogP contribution in [0.5, 0.6) is 0 Å². The lowest BCUT2D eigenvalue weighted by atomic mass is 9.88. The van der Waals surface area contributed by atoms with Gasteiger partial charge in [-0.15, -0.1) is 0 Å². The van der Waals surface area contributed by atoms with Crippen molar-refractivity contribution in [2.75, 3.05) is 12.8 Å². The summed E-state index contributed by atoms with van der Waals surface area (Å²) in [6.07, 6.45) is 9.17. The Morgan fingerprint density at radius 3 is 2.55 bits per heavy atom. The van der Waals surface area contributed by atoms with Crippen LogP contribution in [0.2, 0.25) is 0 Å². The van der Waals surface area contributed by atoms with E-state index in [1.165, 1.54) is 42.1 Å². The molecule has 0 spiro atoms. The maximum atomic E-state index is 3.75. The summed E-state index contributed by atoms with van der Waals surface area (Å²) in [4.78, 5) is 0. The van der Waals surface area contributed by atoms with Crippen LogP contribution in [0.1, 0.15) is 50.6 Å². The summed E-state index contributed by atoms with van der Waals surface area (Å²) in [6.45, 7) is 3.36. The van der Waals surface area contributed by atoms with Crippen molar-refractivity contribution in [1.82, 2.24) is 5.32 Å². The highest BCUT2D eigenvalue weighted by molar-refractivity contribution is 9.11. The van der Waals surface area contributed by atoms with Crippen molar-refractivity contribution in [2.24, 2.45) is 0 Å². The first-order chi connectivity index (χ1) is 9.56. The van der Waals surface area contributed by atoms with Gasteiger partial charge < -0.3 is 5.32 Å². The molecule has 1 nitrogen and oxygen atoms in total. The molecule has 1 N–H and O–H groups in total. The Kier molecular flexibility index (Phi) is 6.46. The first-order valence-corrected chi connectivity index (χ1v) is 10.1. The molecule has 0 radical (unpaired) electrons. The number of hydrogen-bond donors (Lipinski definition) is 1. The van der Waals surface area contributed by atoms with E-state index in [1.807, 2.05) is 0 Å². The van der Waals surface area contributed by atoms with Gasteiger partial charge in [-0.1, -0.05) is 57.2 Å². The van der Waals surface area contributed by atoms with Crippen LogP contribution in [0, 0.1) is 0 Å². The van der Waals surface area contributed by atoms with Crippen LogP contribution in [0.25, 0.3) is 0 Å². The zero-order valence-electron chi connectivity index (χ0n) is 12.2. The molecule has 1 fully saturated rings. The van der Waals surface area contributed by atoms with E-state index in [2.05, 4.69) is 80.3 Å². The van der Waals surface area contributed by atoms with E-state index in [1.54, 1.807) is 0 Å². The molecule has 2 rings (SSSR count). The van der Waals surface area contributed by atoms with E-state index in [0.717, 1.165) is 11.0 Å². The Labute approximate surface area is 143 Å². The van der Waals surface area contributed by atoms with Gasteiger partial charge in [0, 0.05) is 26.3 Å². The predicted molar refractivity (Wildman–Crippen MR) is 97.6 cm³/mol. The van der Waals surface area contributed by atoms with Gasteiger partial charge in [-0.2, -0.15) is 11.8 Å². The lowest BCUT2D eigenvalue weighted by Crippen LogP contribution is -2.40. The van der Waals surface area contributed by atoms with Crippen LogP contribution in [0.4, 0.5) is 0 Å². The van der Waals surface area contributed by atoms with Gasteiger partial charge in [0.25, 0.3) is 0 Å². The molecule has 0 saturated heterocycles. The summed E-state index contributed by atoms with van der Waals surface area (Å²) in [5.41, 5.74) is 1.33. The molecule has 1 aromatic carbocycles. The number of halogens is 2. The van der Waals surface area contributed by atoms with Crippen molar-refractivity contribution in [3.63, 3.8) is 0 Å². The molecule has 0 heterocycles. The van der Waals surface area contributed by atoms with E-state index in [-0.39, 0.29) is 0 Å². The van der Waals surface area contributed by atoms with E-state index in [9.17, 15) is 0 Å². The van der Waals surface area contributed by atoms with Gasteiger partial charge in [0.1, 0.15) is 0 Å². The molecule has 20 heavy (non-hydrogen) atoms.